The van der Waals surface area contributed by atoms with Crippen LogP contribution in [0.1, 0.15) is 30.6 Å². The Morgan fingerprint density at radius 1 is 1.26 bits per heavy atom. The summed E-state index contributed by atoms with van der Waals surface area (Å²) in [5.74, 6) is 1.11. The zero-order chi connectivity index (χ0) is 16.8. The number of rotatable bonds is 8. The summed E-state index contributed by atoms with van der Waals surface area (Å²) in [6, 6.07) is 8.87. The molecule has 1 aromatic carbocycles. The van der Waals surface area contributed by atoms with Gasteiger partial charge in [-0.1, -0.05) is 18.2 Å². The van der Waals surface area contributed by atoms with Crippen LogP contribution in [0.4, 0.5) is 0 Å². The van der Waals surface area contributed by atoms with E-state index in [-0.39, 0.29) is 19.1 Å². The van der Waals surface area contributed by atoms with E-state index in [0.29, 0.717) is 17.7 Å². The monoisotopic (exact) mass is 358 g/mol. The first-order chi connectivity index (χ1) is 11.1. The summed E-state index contributed by atoms with van der Waals surface area (Å²) in [4.78, 5) is 12.2. The number of carbonyl (C=O) groups excluding carboxylic acids is 1. The van der Waals surface area contributed by atoms with Gasteiger partial charge in [-0.15, -0.1) is 0 Å². The predicted molar refractivity (Wildman–Crippen MR) is 92.6 cm³/mol. The highest BCUT2D eigenvalue weighted by atomic mass is 32.2. The summed E-state index contributed by atoms with van der Waals surface area (Å²) in [7, 11) is -3.39. The van der Waals surface area contributed by atoms with Crippen molar-refractivity contribution >= 4 is 25.3 Å². The lowest BCUT2D eigenvalue weighted by Gasteiger charge is -2.35. The molecule has 1 unspecified atom stereocenters. The SMILES string of the molecule is CCOP(=O)(OCC)C1(NNC(=O)c2ccccc2)CCSC1. The van der Waals surface area contributed by atoms with Gasteiger partial charge in [0.05, 0.1) is 13.2 Å². The molecule has 2 rings (SSSR count). The van der Waals surface area contributed by atoms with E-state index < -0.39 is 12.9 Å². The second-order valence-corrected chi connectivity index (χ2v) is 8.58. The van der Waals surface area contributed by atoms with Crippen molar-refractivity contribution in [2.24, 2.45) is 0 Å². The zero-order valence-electron chi connectivity index (χ0n) is 13.4. The Balaban J connectivity index is 2.14. The minimum Gasteiger partial charge on any atom is -0.308 e. The molecule has 8 heteroatoms. The molecule has 1 aliphatic rings. The summed E-state index contributed by atoms with van der Waals surface area (Å²) in [5, 5.41) is -0.895. The summed E-state index contributed by atoms with van der Waals surface area (Å²) >= 11 is 1.66. The van der Waals surface area contributed by atoms with Crippen molar-refractivity contribution in [3.63, 3.8) is 0 Å². The lowest BCUT2D eigenvalue weighted by atomic mass is 10.2. The quantitative estimate of drug-likeness (QED) is 0.549. The molecule has 23 heavy (non-hydrogen) atoms. The van der Waals surface area contributed by atoms with Crippen LogP contribution in [0.3, 0.4) is 0 Å². The van der Waals surface area contributed by atoms with Crippen LogP contribution >= 0.6 is 19.4 Å². The maximum absolute atomic E-state index is 13.2. The first kappa shape index (κ1) is 18.5. The number of amides is 1. The van der Waals surface area contributed by atoms with E-state index >= 15 is 0 Å². The zero-order valence-corrected chi connectivity index (χ0v) is 15.1. The first-order valence-corrected chi connectivity index (χ1v) is 10.4. The minimum absolute atomic E-state index is 0.276. The Hall–Kier alpha value is -0.850. The van der Waals surface area contributed by atoms with Crippen molar-refractivity contribution in [1.29, 1.82) is 0 Å². The maximum Gasteiger partial charge on any atom is 0.353 e. The average Bonchev–Trinajstić information content (AvgIpc) is 3.04. The van der Waals surface area contributed by atoms with Gasteiger partial charge in [0, 0.05) is 11.3 Å². The van der Waals surface area contributed by atoms with Crippen LogP contribution in [0.25, 0.3) is 0 Å². The van der Waals surface area contributed by atoms with Gasteiger partial charge in [-0.3, -0.25) is 14.8 Å². The van der Waals surface area contributed by atoms with Crippen molar-refractivity contribution in [1.82, 2.24) is 10.9 Å². The van der Waals surface area contributed by atoms with Gasteiger partial charge in [-0.05, 0) is 38.2 Å². The first-order valence-electron chi connectivity index (χ1n) is 7.66. The average molecular weight is 358 g/mol. The van der Waals surface area contributed by atoms with E-state index in [1.54, 1.807) is 49.9 Å². The second kappa shape index (κ2) is 8.31. The van der Waals surface area contributed by atoms with Crippen LogP contribution in [0.2, 0.25) is 0 Å². The third-order valence-corrected chi connectivity index (χ3v) is 7.71. The predicted octanol–water partition coefficient (Wildman–Crippen LogP) is 3.02. The molecular weight excluding hydrogens is 335 g/mol. The molecule has 2 N–H and O–H groups in total. The van der Waals surface area contributed by atoms with Crippen LogP contribution in [0.15, 0.2) is 30.3 Å². The van der Waals surface area contributed by atoms with Gasteiger partial charge in [0.2, 0.25) is 0 Å². The van der Waals surface area contributed by atoms with Crippen LogP contribution in [0, 0.1) is 0 Å². The molecule has 0 radical (unpaired) electrons. The number of hydrazine groups is 1. The number of hydrogen-bond acceptors (Lipinski definition) is 6. The van der Waals surface area contributed by atoms with Gasteiger partial charge in [0.15, 0.2) is 0 Å². The molecule has 0 aromatic heterocycles. The maximum atomic E-state index is 13.2. The van der Waals surface area contributed by atoms with E-state index in [2.05, 4.69) is 10.9 Å². The van der Waals surface area contributed by atoms with Crippen molar-refractivity contribution in [3.8, 4) is 0 Å². The largest absolute Gasteiger partial charge is 0.353 e. The molecule has 0 spiro atoms. The fourth-order valence-corrected chi connectivity index (χ4v) is 6.47. The molecule has 0 aliphatic carbocycles. The Labute approximate surface area is 141 Å². The molecule has 6 nitrogen and oxygen atoms in total. The summed E-state index contributed by atoms with van der Waals surface area (Å²) in [6.45, 7) is 4.14. The summed E-state index contributed by atoms with van der Waals surface area (Å²) in [6.07, 6.45) is 0.601. The van der Waals surface area contributed by atoms with Gasteiger partial charge in [-0.25, -0.2) is 5.43 Å². The van der Waals surface area contributed by atoms with Gasteiger partial charge < -0.3 is 9.05 Å². The molecular formula is C15H23N2O4PS. The molecule has 0 bridgehead atoms. The van der Waals surface area contributed by atoms with Crippen LogP contribution in [0.5, 0.6) is 0 Å². The van der Waals surface area contributed by atoms with E-state index in [1.807, 2.05) is 6.07 Å². The molecule has 1 atom stereocenters. The second-order valence-electron chi connectivity index (χ2n) is 5.11. The fourth-order valence-electron chi connectivity index (χ4n) is 2.40. The fraction of sp³-hybridized carbons (Fsp3) is 0.533. The van der Waals surface area contributed by atoms with E-state index in [1.165, 1.54) is 0 Å². The van der Waals surface area contributed by atoms with E-state index in [9.17, 15) is 9.36 Å². The summed E-state index contributed by atoms with van der Waals surface area (Å²) < 4.78 is 24.2. The lowest BCUT2D eigenvalue weighted by molar-refractivity contribution is 0.0914. The van der Waals surface area contributed by atoms with E-state index in [4.69, 9.17) is 9.05 Å². The Bertz CT molecular complexity index is 554. The molecule has 1 aliphatic heterocycles. The van der Waals surface area contributed by atoms with Crippen molar-refractivity contribution < 1.29 is 18.4 Å². The van der Waals surface area contributed by atoms with Gasteiger partial charge >= 0.3 is 7.60 Å². The Morgan fingerprint density at radius 3 is 2.43 bits per heavy atom. The van der Waals surface area contributed by atoms with Gasteiger partial charge in [0.1, 0.15) is 5.28 Å². The highest BCUT2D eigenvalue weighted by Gasteiger charge is 2.53. The third-order valence-electron chi connectivity index (χ3n) is 3.57. The number of benzene rings is 1. The van der Waals surface area contributed by atoms with Crippen molar-refractivity contribution in [2.45, 2.75) is 25.5 Å². The Morgan fingerprint density at radius 2 is 1.91 bits per heavy atom. The highest BCUT2D eigenvalue weighted by Crippen LogP contribution is 2.63. The molecule has 128 valence electrons. The smallest absolute Gasteiger partial charge is 0.308 e. The number of hydrogen-bond donors (Lipinski definition) is 2. The number of carbonyl (C=O) groups is 1. The molecule has 1 fully saturated rings. The third kappa shape index (κ3) is 4.17. The summed E-state index contributed by atoms with van der Waals surface area (Å²) in [5.41, 5.74) is 6.17. The molecule has 0 saturated carbocycles. The highest BCUT2D eigenvalue weighted by molar-refractivity contribution is 8.00. The van der Waals surface area contributed by atoms with Gasteiger partial charge in [-0.2, -0.15) is 11.8 Å². The van der Waals surface area contributed by atoms with Gasteiger partial charge in [0.25, 0.3) is 5.91 Å². The molecule has 1 saturated heterocycles. The lowest BCUT2D eigenvalue weighted by Crippen LogP contribution is -2.54. The standard InChI is InChI=1S/C15H23N2O4PS/c1-3-20-22(19,21-4-2)15(10-11-23-12-15)17-16-14(18)13-8-6-5-7-9-13/h5-9,17H,3-4,10-12H2,1-2H3,(H,16,18). The minimum atomic E-state index is -3.39. The molecule has 1 amide bonds. The number of thioether (sulfide) groups is 1. The Kier molecular flexibility index (Phi) is 6.68. The molecule has 1 heterocycles. The van der Waals surface area contributed by atoms with Crippen molar-refractivity contribution in [2.75, 3.05) is 24.7 Å². The van der Waals surface area contributed by atoms with Crippen LogP contribution in [-0.4, -0.2) is 35.9 Å². The van der Waals surface area contributed by atoms with Crippen LogP contribution < -0.4 is 10.9 Å². The van der Waals surface area contributed by atoms with Crippen molar-refractivity contribution in [3.05, 3.63) is 35.9 Å². The molecule has 1 aromatic rings. The van der Waals surface area contributed by atoms with E-state index in [0.717, 1.165) is 5.75 Å². The number of nitrogens with one attached hydrogen (secondary N) is 2. The normalized spacial score (nSPS) is 21.3. The van der Waals surface area contributed by atoms with Crippen LogP contribution in [-0.2, 0) is 13.6 Å². The topological polar surface area (TPSA) is 76.7 Å².